The number of anilines is 1. The molecule has 3 aromatic rings. The van der Waals surface area contributed by atoms with Gasteiger partial charge in [0.2, 0.25) is 11.8 Å². The van der Waals surface area contributed by atoms with Gasteiger partial charge in [-0.1, -0.05) is 67.6 Å². The second-order valence-electron chi connectivity index (χ2n) is 8.04. The first kappa shape index (κ1) is 24.6. The predicted octanol–water partition coefficient (Wildman–Crippen LogP) is 3.10. The predicted molar refractivity (Wildman–Crippen MR) is 132 cm³/mol. The van der Waals surface area contributed by atoms with Crippen molar-refractivity contribution in [2.45, 2.75) is 45.2 Å². The number of nitrogens with one attached hydrogen (secondary N) is 2. The number of hydrogen-bond donors (Lipinski definition) is 2. The molecule has 34 heavy (non-hydrogen) atoms. The molecule has 2 aromatic carbocycles. The van der Waals surface area contributed by atoms with Crippen molar-refractivity contribution in [3.05, 3.63) is 100.0 Å². The summed E-state index contributed by atoms with van der Waals surface area (Å²) in [5.41, 5.74) is 2.30. The van der Waals surface area contributed by atoms with E-state index in [1.165, 1.54) is 4.57 Å². The first-order chi connectivity index (χ1) is 16.5. The summed E-state index contributed by atoms with van der Waals surface area (Å²) in [4.78, 5) is 49.4. The highest BCUT2D eigenvalue weighted by Crippen LogP contribution is 2.12. The summed E-state index contributed by atoms with van der Waals surface area (Å²) >= 11 is 0. The summed E-state index contributed by atoms with van der Waals surface area (Å²) in [6, 6.07) is 21.9. The molecule has 0 aliphatic rings. The third-order valence-electron chi connectivity index (χ3n) is 5.50. The van der Waals surface area contributed by atoms with Gasteiger partial charge in [-0.3, -0.25) is 14.4 Å². The van der Waals surface area contributed by atoms with Crippen LogP contribution in [0.25, 0.3) is 0 Å². The van der Waals surface area contributed by atoms with Crippen LogP contribution in [0.15, 0.2) is 77.6 Å². The van der Waals surface area contributed by atoms with E-state index in [0.717, 1.165) is 11.1 Å². The van der Waals surface area contributed by atoms with Crippen LogP contribution >= 0.6 is 0 Å². The van der Waals surface area contributed by atoms with Crippen LogP contribution in [0, 0.1) is 0 Å². The Balaban J connectivity index is 1.81. The molecule has 3 rings (SSSR count). The number of pyridine rings is 1. The van der Waals surface area contributed by atoms with Crippen molar-refractivity contribution in [1.29, 1.82) is 0 Å². The molecule has 0 fully saturated rings. The van der Waals surface area contributed by atoms with Crippen molar-refractivity contribution in [2.24, 2.45) is 0 Å². The molecule has 0 radical (unpaired) electrons. The van der Waals surface area contributed by atoms with E-state index >= 15 is 0 Å². The minimum absolute atomic E-state index is 0.116. The average molecular weight is 460 g/mol. The van der Waals surface area contributed by atoms with E-state index in [1.54, 1.807) is 19.1 Å². The standard InChI is InChI=1S/C27H29N3O4/c1-2-22(19-31)28-26(33)18-30-23(17-21-11-7-4-8-12-21)14-15-24(27(30)34)29-25(32)16-13-20-9-5-3-6-10-20/h3-12,14-15,19,22H,2,13,16-18H2,1H3,(H,28,33)(H,29,32)/t22-/m0/s1. The van der Waals surface area contributed by atoms with Gasteiger partial charge in [0.1, 0.15) is 18.5 Å². The molecule has 7 nitrogen and oxygen atoms in total. The molecule has 0 bridgehead atoms. The van der Waals surface area contributed by atoms with Gasteiger partial charge in [0.15, 0.2) is 0 Å². The lowest BCUT2D eigenvalue weighted by atomic mass is 10.1. The van der Waals surface area contributed by atoms with E-state index < -0.39 is 17.5 Å². The number of aryl methyl sites for hydroxylation is 1. The molecule has 176 valence electrons. The van der Waals surface area contributed by atoms with Gasteiger partial charge in [-0.25, -0.2) is 0 Å². The van der Waals surface area contributed by atoms with E-state index in [1.807, 2.05) is 60.7 Å². The number of aromatic nitrogens is 1. The number of aldehydes is 1. The number of carbonyl (C=O) groups excluding carboxylic acids is 3. The second-order valence-corrected chi connectivity index (χ2v) is 8.04. The lowest BCUT2D eigenvalue weighted by Gasteiger charge is -2.17. The Bertz CT molecular complexity index is 1170. The van der Waals surface area contributed by atoms with Crippen molar-refractivity contribution in [3.8, 4) is 0 Å². The zero-order valence-electron chi connectivity index (χ0n) is 19.2. The molecule has 1 atom stereocenters. The summed E-state index contributed by atoms with van der Waals surface area (Å²) in [7, 11) is 0. The van der Waals surface area contributed by atoms with Crippen LogP contribution in [-0.2, 0) is 33.8 Å². The SMILES string of the molecule is CC[C@@H](C=O)NC(=O)Cn1c(Cc2ccccc2)ccc(NC(=O)CCc2ccccc2)c1=O. The Labute approximate surface area is 198 Å². The number of rotatable bonds is 11. The van der Waals surface area contributed by atoms with Gasteiger partial charge < -0.3 is 20.0 Å². The van der Waals surface area contributed by atoms with Gasteiger partial charge in [-0.15, -0.1) is 0 Å². The lowest BCUT2D eigenvalue weighted by Crippen LogP contribution is -2.40. The Morgan fingerprint density at radius 1 is 0.912 bits per heavy atom. The third-order valence-corrected chi connectivity index (χ3v) is 5.50. The quantitative estimate of drug-likeness (QED) is 0.431. The molecule has 1 heterocycles. The number of carbonyl (C=O) groups is 3. The Hall–Kier alpha value is -4.00. The minimum atomic E-state index is -0.610. The van der Waals surface area contributed by atoms with Gasteiger partial charge >= 0.3 is 0 Å². The van der Waals surface area contributed by atoms with Crippen molar-refractivity contribution in [1.82, 2.24) is 9.88 Å². The van der Waals surface area contributed by atoms with Gasteiger partial charge in [0, 0.05) is 18.5 Å². The molecule has 0 saturated carbocycles. The number of hydrogen-bond acceptors (Lipinski definition) is 4. The zero-order chi connectivity index (χ0) is 24.3. The largest absolute Gasteiger partial charge is 0.345 e. The van der Waals surface area contributed by atoms with Crippen LogP contribution in [-0.4, -0.2) is 28.7 Å². The van der Waals surface area contributed by atoms with Gasteiger partial charge in [-0.2, -0.15) is 0 Å². The molecule has 0 saturated heterocycles. The monoisotopic (exact) mass is 459 g/mol. The summed E-state index contributed by atoms with van der Waals surface area (Å²) in [5, 5.41) is 5.32. The minimum Gasteiger partial charge on any atom is -0.345 e. The molecule has 0 aliphatic heterocycles. The van der Waals surface area contributed by atoms with Crippen LogP contribution < -0.4 is 16.2 Å². The molecule has 0 aliphatic carbocycles. The second kappa shape index (κ2) is 12.3. The van der Waals surface area contributed by atoms with Gasteiger partial charge in [0.25, 0.3) is 5.56 Å². The first-order valence-corrected chi connectivity index (χ1v) is 11.3. The van der Waals surface area contributed by atoms with Gasteiger partial charge in [-0.05, 0) is 36.1 Å². The Kier molecular flexibility index (Phi) is 8.91. The number of nitrogens with zero attached hydrogens (tertiary/aromatic N) is 1. The lowest BCUT2D eigenvalue weighted by molar-refractivity contribution is -0.124. The van der Waals surface area contributed by atoms with Crippen molar-refractivity contribution < 1.29 is 14.4 Å². The first-order valence-electron chi connectivity index (χ1n) is 11.3. The molecular formula is C27H29N3O4. The maximum absolute atomic E-state index is 13.2. The normalized spacial score (nSPS) is 11.4. The van der Waals surface area contributed by atoms with Crippen LogP contribution in [0.3, 0.4) is 0 Å². The summed E-state index contributed by atoms with van der Waals surface area (Å²) < 4.78 is 1.35. The zero-order valence-corrected chi connectivity index (χ0v) is 19.2. The fraction of sp³-hybridized carbons (Fsp3) is 0.259. The Morgan fingerprint density at radius 2 is 1.56 bits per heavy atom. The highest BCUT2D eigenvalue weighted by Gasteiger charge is 2.16. The molecule has 2 N–H and O–H groups in total. The van der Waals surface area contributed by atoms with Crippen LogP contribution in [0.4, 0.5) is 5.69 Å². The van der Waals surface area contributed by atoms with E-state index in [-0.39, 0.29) is 24.6 Å². The third kappa shape index (κ3) is 7.00. The average Bonchev–Trinajstić information content (AvgIpc) is 2.86. The fourth-order valence-corrected chi connectivity index (χ4v) is 3.59. The van der Waals surface area contributed by atoms with Crippen LogP contribution in [0.2, 0.25) is 0 Å². The maximum Gasteiger partial charge on any atom is 0.275 e. The Morgan fingerprint density at radius 3 is 2.18 bits per heavy atom. The van der Waals surface area contributed by atoms with Crippen LogP contribution in [0.1, 0.15) is 36.6 Å². The molecule has 7 heteroatoms. The van der Waals surface area contributed by atoms with Crippen molar-refractivity contribution in [2.75, 3.05) is 5.32 Å². The van der Waals surface area contributed by atoms with Crippen molar-refractivity contribution >= 4 is 23.8 Å². The molecule has 2 amide bonds. The topological polar surface area (TPSA) is 97.3 Å². The van der Waals surface area contributed by atoms with Crippen molar-refractivity contribution in [3.63, 3.8) is 0 Å². The highest BCUT2D eigenvalue weighted by molar-refractivity contribution is 5.90. The van der Waals surface area contributed by atoms with E-state index in [2.05, 4.69) is 10.6 Å². The summed E-state index contributed by atoms with van der Waals surface area (Å²) in [5.74, 6) is -0.720. The maximum atomic E-state index is 13.2. The highest BCUT2D eigenvalue weighted by atomic mass is 16.2. The molecule has 0 spiro atoms. The molecule has 1 aromatic heterocycles. The molecular weight excluding hydrogens is 430 g/mol. The summed E-state index contributed by atoms with van der Waals surface area (Å²) in [6.45, 7) is 1.54. The van der Waals surface area contributed by atoms with Crippen LogP contribution in [0.5, 0.6) is 0 Å². The van der Waals surface area contributed by atoms with Gasteiger partial charge in [0.05, 0.1) is 6.04 Å². The van der Waals surface area contributed by atoms with E-state index in [0.29, 0.717) is 31.2 Å². The summed E-state index contributed by atoms with van der Waals surface area (Å²) in [6.07, 6.45) is 2.36. The molecule has 0 unspecified atom stereocenters. The number of amides is 2. The van der Waals surface area contributed by atoms with E-state index in [4.69, 9.17) is 0 Å². The van der Waals surface area contributed by atoms with E-state index in [9.17, 15) is 19.2 Å². The smallest absolute Gasteiger partial charge is 0.275 e. The number of benzene rings is 2. The fourth-order valence-electron chi connectivity index (χ4n) is 3.59.